The summed E-state index contributed by atoms with van der Waals surface area (Å²) >= 11 is 1.49. The van der Waals surface area contributed by atoms with Crippen molar-refractivity contribution in [2.24, 2.45) is 4.99 Å². The van der Waals surface area contributed by atoms with Crippen molar-refractivity contribution in [3.8, 4) is 0 Å². The summed E-state index contributed by atoms with van der Waals surface area (Å²) in [6, 6.07) is 23.1. The molecule has 0 N–H and O–H groups in total. The predicted molar refractivity (Wildman–Crippen MR) is 113 cm³/mol. The first-order chi connectivity index (χ1) is 13.1. The minimum atomic E-state index is -3.63. The molecule has 3 aromatic rings. The number of hydrogen-bond donors (Lipinski definition) is 0. The molecule has 4 rings (SSSR count). The van der Waals surface area contributed by atoms with Crippen LogP contribution >= 0.6 is 11.8 Å². The van der Waals surface area contributed by atoms with Gasteiger partial charge in [0.05, 0.1) is 18.0 Å². The van der Waals surface area contributed by atoms with E-state index in [1.54, 1.807) is 12.1 Å². The number of rotatable bonds is 4. The van der Waals surface area contributed by atoms with Crippen molar-refractivity contribution in [2.45, 2.75) is 17.1 Å². The monoisotopic (exact) mass is 396 g/mol. The quantitative estimate of drug-likeness (QED) is 0.643. The Kier molecular flexibility index (Phi) is 4.93. The minimum Gasteiger partial charge on any atom is -0.260 e. The molecule has 1 unspecified atom stereocenters. The van der Waals surface area contributed by atoms with Crippen molar-refractivity contribution in [1.82, 2.24) is 4.31 Å². The lowest BCUT2D eigenvalue weighted by molar-refractivity contribution is 0.540. The van der Waals surface area contributed by atoms with Crippen LogP contribution in [-0.4, -0.2) is 31.0 Å². The van der Waals surface area contributed by atoms with Crippen molar-refractivity contribution in [3.63, 3.8) is 0 Å². The summed E-state index contributed by atoms with van der Waals surface area (Å²) in [5, 5.41) is 2.64. The average molecular weight is 397 g/mol. The van der Waals surface area contributed by atoms with Gasteiger partial charge in [-0.15, -0.1) is 0 Å². The smallest absolute Gasteiger partial charge is 0.260 e. The van der Waals surface area contributed by atoms with E-state index >= 15 is 0 Å². The fraction of sp³-hybridized carbons (Fsp3) is 0.190. The largest absolute Gasteiger partial charge is 0.265 e. The van der Waals surface area contributed by atoms with Crippen molar-refractivity contribution < 1.29 is 8.42 Å². The molecule has 1 atom stereocenters. The third-order valence-electron chi connectivity index (χ3n) is 4.62. The Balaban J connectivity index is 1.61. The zero-order chi connectivity index (χ0) is 18.9. The molecule has 0 bridgehead atoms. The number of fused-ring (bicyclic) bond motifs is 1. The summed E-state index contributed by atoms with van der Waals surface area (Å²) in [4.78, 5) is 4.77. The number of sulfonamides is 1. The van der Waals surface area contributed by atoms with Crippen LogP contribution in [0.1, 0.15) is 17.7 Å². The van der Waals surface area contributed by atoms with E-state index < -0.39 is 10.0 Å². The molecule has 1 heterocycles. The second-order valence-corrected chi connectivity index (χ2v) is 9.59. The molecule has 0 saturated carbocycles. The SMILES string of the molecule is CC(SC1=NCCN1S(=O)(=O)c1ccc2ccccc2c1)c1ccccc1. The van der Waals surface area contributed by atoms with Crippen LogP contribution in [0.5, 0.6) is 0 Å². The van der Waals surface area contributed by atoms with E-state index in [0.717, 1.165) is 16.3 Å². The van der Waals surface area contributed by atoms with Gasteiger partial charge in [0.1, 0.15) is 0 Å². The first-order valence-corrected chi connectivity index (χ1v) is 11.2. The van der Waals surface area contributed by atoms with E-state index in [4.69, 9.17) is 0 Å². The third kappa shape index (κ3) is 3.59. The second-order valence-electron chi connectivity index (χ2n) is 6.42. The first kappa shape index (κ1) is 18.1. The lowest BCUT2D eigenvalue weighted by Crippen LogP contribution is -2.33. The van der Waals surface area contributed by atoms with Gasteiger partial charge in [0.15, 0.2) is 5.17 Å². The number of aliphatic imine (C=N–C) groups is 1. The molecule has 0 amide bonds. The van der Waals surface area contributed by atoms with Crippen molar-refractivity contribution in [1.29, 1.82) is 0 Å². The van der Waals surface area contributed by atoms with Gasteiger partial charge in [0.25, 0.3) is 10.0 Å². The molecule has 1 aliphatic heterocycles. The van der Waals surface area contributed by atoms with Gasteiger partial charge >= 0.3 is 0 Å². The van der Waals surface area contributed by atoms with Gasteiger partial charge < -0.3 is 0 Å². The van der Waals surface area contributed by atoms with Crippen LogP contribution in [-0.2, 0) is 10.0 Å². The fourth-order valence-corrected chi connectivity index (χ4v) is 5.90. The molecular weight excluding hydrogens is 376 g/mol. The summed E-state index contributed by atoms with van der Waals surface area (Å²) in [7, 11) is -3.63. The zero-order valence-corrected chi connectivity index (χ0v) is 16.6. The van der Waals surface area contributed by atoms with Crippen LogP contribution in [0.2, 0.25) is 0 Å². The number of hydrogen-bond acceptors (Lipinski definition) is 4. The fourth-order valence-electron chi connectivity index (χ4n) is 3.14. The van der Waals surface area contributed by atoms with Gasteiger partial charge in [-0.2, -0.15) is 0 Å². The van der Waals surface area contributed by atoms with E-state index in [1.165, 1.54) is 16.1 Å². The molecule has 0 saturated heterocycles. The van der Waals surface area contributed by atoms with Gasteiger partial charge in [-0.05, 0) is 35.4 Å². The van der Waals surface area contributed by atoms with Crippen LogP contribution in [0, 0.1) is 0 Å². The van der Waals surface area contributed by atoms with Crippen LogP contribution < -0.4 is 0 Å². The van der Waals surface area contributed by atoms with Gasteiger partial charge in [0.2, 0.25) is 0 Å². The standard InChI is InChI=1S/C21H20N2O2S2/c1-16(17-7-3-2-4-8-17)26-21-22-13-14-23(21)27(24,25)20-12-11-18-9-5-6-10-19(18)15-20/h2-12,15-16H,13-14H2,1H3. The first-order valence-electron chi connectivity index (χ1n) is 8.83. The number of amidine groups is 1. The van der Waals surface area contributed by atoms with Gasteiger partial charge in [-0.25, -0.2) is 12.7 Å². The molecular formula is C21H20N2O2S2. The van der Waals surface area contributed by atoms with Gasteiger partial charge in [0, 0.05) is 5.25 Å². The zero-order valence-electron chi connectivity index (χ0n) is 14.9. The molecule has 0 aromatic heterocycles. The Morgan fingerprint density at radius 3 is 2.44 bits per heavy atom. The molecule has 3 aromatic carbocycles. The van der Waals surface area contributed by atoms with Crippen LogP contribution in [0.3, 0.4) is 0 Å². The number of benzene rings is 3. The van der Waals surface area contributed by atoms with E-state index in [2.05, 4.69) is 24.0 Å². The minimum absolute atomic E-state index is 0.123. The van der Waals surface area contributed by atoms with E-state index in [0.29, 0.717) is 23.2 Å². The van der Waals surface area contributed by atoms with E-state index in [9.17, 15) is 8.42 Å². The predicted octanol–water partition coefficient (Wildman–Crippen LogP) is 4.69. The van der Waals surface area contributed by atoms with Gasteiger partial charge in [-0.3, -0.25) is 4.99 Å². The van der Waals surface area contributed by atoms with Crippen LogP contribution in [0.4, 0.5) is 0 Å². The highest BCUT2D eigenvalue weighted by atomic mass is 32.2. The molecule has 6 heteroatoms. The number of nitrogens with zero attached hydrogens (tertiary/aromatic N) is 2. The van der Waals surface area contributed by atoms with E-state index in [-0.39, 0.29) is 5.25 Å². The van der Waals surface area contributed by atoms with Crippen molar-refractivity contribution >= 4 is 37.7 Å². The van der Waals surface area contributed by atoms with Crippen LogP contribution in [0.25, 0.3) is 10.8 Å². The molecule has 27 heavy (non-hydrogen) atoms. The molecule has 4 nitrogen and oxygen atoms in total. The summed E-state index contributed by atoms with van der Waals surface area (Å²) in [5.74, 6) is 0. The van der Waals surface area contributed by atoms with Crippen molar-refractivity contribution in [2.75, 3.05) is 13.1 Å². The Bertz CT molecular complexity index is 1100. The topological polar surface area (TPSA) is 49.7 Å². The molecule has 0 radical (unpaired) electrons. The molecule has 0 spiro atoms. The highest BCUT2D eigenvalue weighted by Gasteiger charge is 2.32. The maximum absolute atomic E-state index is 13.2. The summed E-state index contributed by atoms with van der Waals surface area (Å²) < 4.78 is 27.9. The normalized spacial score (nSPS) is 15.7. The van der Waals surface area contributed by atoms with E-state index in [1.807, 2.05) is 48.5 Å². The Hall–Kier alpha value is -2.31. The second kappa shape index (κ2) is 7.37. The Morgan fingerprint density at radius 2 is 1.67 bits per heavy atom. The Labute approximate surface area is 164 Å². The molecule has 1 aliphatic rings. The maximum atomic E-state index is 13.2. The lowest BCUT2D eigenvalue weighted by Gasteiger charge is -2.22. The van der Waals surface area contributed by atoms with Crippen LogP contribution in [0.15, 0.2) is 82.7 Å². The summed E-state index contributed by atoms with van der Waals surface area (Å²) in [6.07, 6.45) is 0. The third-order valence-corrected chi connectivity index (χ3v) is 7.71. The number of thioether (sulfide) groups is 1. The molecule has 0 aliphatic carbocycles. The average Bonchev–Trinajstić information content (AvgIpc) is 3.17. The van der Waals surface area contributed by atoms with Gasteiger partial charge in [-0.1, -0.05) is 72.4 Å². The summed E-state index contributed by atoms with van der Waals surface area (Å²) in [5.41, 5.74) is 1.15. The molecule has 138 valence electrons. The highest BCUT2D eigenvalue weighted by molar-refractivity contribution is 8.15. The maximum Gasteiger partial charge on any atom is 0.265 e. The Morgan fingerprint density at radius 1 is 0.963 bits per heavy atom. The lowest BCUT2D eigenvalue weighted by atomic mass is 10.1. The summed E-state index contributed by atoms with van der Waals surface area (Å²) in [6.45, 7) is 2.96. The molecule has 0 fully saturated rings. The highest BCUT2D eigenvalue weighted by Crippen LogP contribution is 2.34. The van der Waals surface area contributed by atoms with Crippen molar-refractivity contribution in [3.05, 3.63) is 78.4 Å².